The second-order valence-electron chi connectivity index (χ2n) is 5.30. The van der Waals surface area contributed by atoms with E-state index in [1.54, 1.807) is 0 Å². The van der Waals surface area contributed by atoms with Crippen molar-refractivity contribution in [2.75, 3.05) is 0 Å². The molecule has 20 heavy (non-hydrogen) atoms. The number of hydrogen-bond donors (Lipinski definition) is 1. The number of carboxylic acid groups (broad SMARTS) is 1. The maximum atomic E-state index is 12.9. The van der Waals surface area contributed by atoms with Crippen LogP contribution in [0, 0.1) is 12.8 Å². The van der Waals surface area contributed by atoms with Gasteiger partial charge in [0.1, 0.15) is 5.56 Å². The Morgan fingerprint density at radius 1 is 1.35 bits per heavy atom. The van der Waals surface area contributed by atoms with Gasteiger partial charge in [-0.3, -0.25) is 4.68 Å². The molecule has 4 nitrogen and oxygen atoms in total. The van der Waals surface area contributed by atoms with Crippen molar-refractivity contribution in [3.8, 4) is 0 Å². The Labute approximate surface area is 114 Å². The summed E-state index contributed by atoms with van der Waals surface area (Å²) in [4.78, 5) is 11.2. The zero-order valence-electron chi connectivity index (χ0n) is 11.2. The van der Waals surface area contributed by atoms with Crippen molar-refractivity contribution in [1.82, 2.24) is 9.78 Å². The van der Waals surface area contributed by atoms with Gasteiger partial charge in [0.05, 0.1) is 5.69 Å². The van der Waals surface area contributed by atoms with E-state index in [2.05, 4.69) is 5.10 Å². The fourth-order valence-corrected chi connectivity index (χ4v) is 2.88. The summed E-state index contributed by atoms with van der Waals surface area (Å²) in [6, 6.07) is 0. The van der Waals surface area contributed by atoms with Crippen molar-refractivity contribution in [3.63, 3.8) is 0 Å². The molecule has 1 aliphatic carbocycles. The highest BCUT2D eigenvalue weighted by Crippen LogP contribution is 2.35. The van der Waals surface area contributed by atoms with E-state index < -0.39 is 23.4 Å². The van der Waals surface area contributed by atoms with Gasteiger partial charge in [-0.15, -0.1) is 0 Å². The van der Waals surface area contributed by atoms with Gasteiger partial charge in [-0.1, -0.05) is 19.3 Å². The maximum Gasteiger partial charge on any atom is 0.420 e. The van der Waals surface area contributed by atoms with Gasteiger partial charge in [0.2, 0.25) is 0 Å². The lowest BCUT2D eigenvalue weighted by molar-refractivity contribution is -0.138. The molecule has 0 saturated heterocycles. The van der Waals surface area contributed by atoms with Crippen molar-refractivity contribution in [3.05, 3.63) is 17.0 Å². The summed E-state index contributed by atoms with van der Waals surface area (Å²) in [5, 5.41) is 12.9. The van der Waals surface area contributed by atoms with Crippen molar-refractivity contribution in [2.45, 2.75) is 51.7 Å². The number of hydrogen-bond acceptors (Lipinski definition) is 2. The van der Waals surface area contributed by atoms with Crippen LogP contribution in [0.3, 0.4) is 0 Å². The molecule has 1 aromatic rings. The first-order valence-corrected chi connectivity index (χ1v) is 6.68. The number of alkyl halides is 3. The minimum absolute atomic E-state index is 0.210. The predicted octanol–water partition coefficient (Wildman–Crippen LogP) is 3.49. The first-order chi connectivity index (χ1) is 9.30. The molecule has 1 N–H and O–H groups in total. The van der Waals surface area contributed by atoms with Gasteiger partial charge in [0, 0.05) is 6.54 Å². The number of nitrogens with zero attached hydrogens (tertiary/aromatic N) is 2. The van der Waals surface area contributed by atoms with Gasteiger partial charge in [0.25, 0.3) is 0 Å². The molecule has 1 fully saturated rings. The van der Waals surface area contributed by atoms with Crippen LogP contribution in [0.5, 0.6) is 0 Å². The van der Waals surface area contributed by atoms with Gasteiger partial charge >= 0.3 is 12.1 Å². The summed E-state index contributed by atoms with van der Waals surface area (Å²) in [7, 11) is 0. The maximum absolute atomic E-state index is 12.9. The summed E-state index contributed by atoms with van der Waals surface area (Å²) in [5.41, 5.74) is -2.13. The van der Waals surface area contributed by atoms with Crippen LogP contribution in [0.15, 0.2) is 0 Å². The smallest absolute Gasteiger partial charge is 0.420 e. The summed E-state index contributed by atoms with van der Waals surface area (Å²) < 4.78 is 39.9. The second-order valence-corrected chi connectivity index (χ2v) is 5.30. The lowest BCUT2D eigenvalue weighted by atomic mass is 9.89. The number of carboxylic acids is 1. The molecule has 0 unspecified atom stereocenters. The molecule has 0 amide bonds. The summed E-state index contributed by atoms with van der Waals surface area (Å²) in [5.74, 6) is -1.36. The SMILES string of the molecule is Cc1nn(CC2CCCCC2)c(C(=O)O)c1C(F)(F)F. The average molecular weight is 290 g/mol. The molecule has 7 heteroatoms. The summed E-state index contributed by atoms with van der Waals surface area (Å²) >= 11 is 0. The third-order valence-electron chi connectivity index (χ3n) is 3.77. The molecule has 112 valence electrons. The highest BCUT2D eigenvalue weighted by atomic mass is 19.4. The summed E-state index contributed by atoms with van der Waals surface area (Å²) in [6.07, 6.45) is 0.356. The van der Waals surface area contributed by atoms with E-state index in [4.69, 9.17) is 5.11 Å². The molecule has 0 spiro atoms. The van der Waals surface area contributed by atoms with E-state index in [0.29, 0.717) is 0 Å². The highest BCUT2D eigenvalue weighted by Gasteiger charge is 2.41. The van der Waals surface area contributed by atoms with Crippen LogP contribution in [0.25, 0.3) is 0 Å². The van der Waals surface area contributed by atoms with Crippen LogP contribution in [0.1, 0.15) is 53.8 Å². The van der Waals surface area contributed by atoms with Crippen LogP contribution in [0.4, 0.5) is 13.2 Å². The first kappa shape index (κ1) is 14.9. The number of carbonyl (C=O) groups is 1. The Balaban J connectivity index is 2.35. The van der Waals surface area contributed by atoms with E-state index in [-0.39, 0.29) is 18.2 Å². The zero-order chi connectivity index (χ0) is 14.9. The third-order valence-corrected chi connectivity index (χ3v) is 3.77. The van der Waals surface area contributed by atoms with Crippen LogP contribution in [-0.2, 0) is 12.7 Å². The average Bonchev–Trinajstić information content (AvgIpc) is 2.67. The number of aromatic carboxylic acids is 1. The molecule has 0 aliphatic heterocycles. The van der Waals surface area contributed by atoms with E-state index in [1.807, 2.05) is 0 Å². The van der Waals surface area contributed by atoms with Gasteiger partial charge in [-0.2, -0.15) is 18.3 Å². The quantitative estimate of drug-likeness (QED) is 0.927. The summed E-state index contributed by atoms with van der Waals surface area (Å²) in [6.45, 7) is 1.45. The third kappa shape index (κ3) is 2.96. The minimum Gasteiger partial charge on any atom is -0.477 e. The lowest BCUT2D eigenvalue weighted by Gasteiger charge is -2.22. The molecular weight excluding hydrogens is 273 g/mol. The standard InChI is InChI=1S/C13H17F3N2O2/c1-8-10(13(14,15)16)11(12(19)20)18(17-8)7-9-5-3-2-4-6-9/h9H,2-7H2,1H3,(H,19,20). The van der Waals surface area contributed by atoms with Crippen LogP contribution in [0.2, 0.25) is 0 Å². The fraction of sp³-hybridized carbons (Fsp3) is 0.692. The Morgan fingerprint density at radius 2 is 1.95 bits per heavy atom. The number of halogens is 3. The molecule has 2 rings (SSSR count). The monoisotopic (exact) mass is 290 g/mol. The molecule has 1 aromatic heterocycles. The van der Waals surface area contributed by atoms with Gasteiger partial charge in [-0.05, 0) is 25.7 Å². The first-order valence-electron chi connectivity index (χ1n) is 6.68. The zero-order valence-corrected chi connectivity index (χ0v) is 11.2. The molecule has 0 aromatic carbocycles. The highest BCUT2D eigenvalue weighted by molar-refractivity contribution is 5.88. The van der Waals surface area contributed by atoms with Crippen molar-refractivity contribution in [1.29, 1.82) is 0 Å². The topological polar surface area (TPSA) is 55.1 Å². The molecule has 0 radical (unpaired) electrons. The Bertz CT molecular complexity index is 502. The molecule has 0 bridgehead atoms. The van der Waals surface area contributed by atoms with Crippen molar-refractivity contribution >= 4 is 5.97 Å². The predicted molar refractivity (Wildman–Crippen MR) is 65.5 cm³/mol. The van der Waals surface area contributed by atoms with Gasteiger partial charge in [-0.25, -0.2) is 4.79 Å². The minimum atomic E-state index is -4.69. The normalized spacial score (nSPS) is 17.4. The fourth-order valence-electron chi connectivity index (χ4n) is 2.88. The molecule has 1 aliphatic rings. The number of aromatic nitrogens is 2. The molecule has 1 heterocycles. The Kier molecular flexibility index (Phi) is 4.06. The Hall–Kier alpha value is -1.53. The van der Waals surface area contributed by atoms with Crippen LogP contribution >= 0.6 is 0 Å². The second kappa shape index (κ2) is 5.46. The van der Waals surface area contributed by atoms with E-state index in [1.165, 1.54) is 6.92 Å². The van der Waals surface area contributed by atoms with E-state index in [9.17, 15) is 18.0 Å². The molecule has 0 atom stereocenters. The van der Waals surface area contributed by atoms with E-state index in [0.717, 1.165) is 36.8 Å². The van der Waals surface area contributed by atoms with E-state index >= 15 is 0 Å². The molecular formula is C13H17F3N2O2. The van der Waals surface area contributed by atoms with Crippen LogP contribution in [-0.4, -0.2) is 20.9 Å². The Morgan fingerprint density at radius 3 is 2.45 bits per heavy atom. The lowest BCUT2D eigenvalue weighted by Crippen LogP contribution is -2.21. The number of aryl methyl sites for hydroxylation is 1. The molecule has 1 saturated carbocycles. The largest absolute Gasteiger partial charge is 0.477 e. The van der Waals surface area contributed by atoms with Gasteiger partial charge < -0.3 is 5.11 Å². The number of rotatable bonds is 3. The van der Waals surface area contributed by atoms with Gasteiger partial charge in [0.15, 0.2) is 5.69 Å². The van der Waals surface area contributed by atoms with Crippen LogP contribution < -0.4 is 0 Å². The van der Waals surface area contributed by atoms with Crippen molar-refractivity contribution in [2.24, 2.45) is 5.92 Å². The van der Waals surface area contributed by atoms with Crippen molar-refractivity contribution < 1.29 is 23.1 Å².